The van der Waals surface area contributed by atoms with Gasteiger partial charge in [-0.25, -0.2) is 0 Å². The molecule has 0 saturated carbocycles. The Morgan fingerprint density at radius 1 is 0.640 bits per heavy atom. The van der Waals surface area contributed by atoms with Gasteiger partial charge in [-0.05, 0) is 11.5 Å². The van der Waals surface area contributed by atoms with Gasteiger partial charge >= 0.3 is 0 Å². The average Bonchev–Trinajstić information content (AvgIpc) is 2.33. The van der Waals surface area contributed by atoms with Crippen molar-refractivity contribution in [3.63, 3.8) is 0 Å². The standard InChI is InChI=1S/C10H8O9S3.3H3N/c11-20(12,13)8-5-6-3-1-2-4-7(6)9(21(14,15)16)10(8)22(17,18)19;;;/h1-5H,(H,11,12,13)(H,14,15,16)(H,17,18,19);3*1H3. The first-order valence-corrected chi connectivity index (χ1v) is 9.63. The summed E-state index contributed by atoms with van der Waals surface area (Å²) in [7, 11) is -15.8. The number of rotatable bonds is 3. The summed E-state index contributed by atoms with van der Waals surface area (Å²) in [4.78, 5) is -4.31. The zero-order valence-corrected chi connectivity index (χ0v) is 15.0. The third-order valence-electron chi connectivity index (χ3n) is 2.72. The molecule has 0 aromatic heterocycles. The molecule has 2 rings (SSSR count). The van der Waals surface area contributed by atoms with Crippen LogP contribution in [0.5, 0.6) is 0 Å². The van der Waals surface area contributed by atoms with Gasteiger partial charge in [0.15, 0.2) is 0 Å². The highest BCUT2D eigenvalue weighted by molar-refractivity contribution is 7.90. The zero-order chi connectivity index (χ0) is 16.9. The minimum Gasteiger partial charge on any atom is -0.344 e. The van der Waals surface area contributed by atoms with Crippen LogP contribution in [-0.4, -0.2) is 38.9 Å². The van der Waals surface area contributed by atoms with Crippen LogP contribution in [0.15, 0.2) is 45.0 Å². The maximum absolute atomic E-state index is 11.5. The van der Waals surface area contributed by atoms with Crippen LogP contribution in [0.3, 0.4) is 0 Å². The van der Waals surface area contributed by atoms with E-state index in [9.17, 15) is 29.8 Å². The van der Waals surface area contributed by atoms with Crippen LogP contribution in [0.1, 0.15) is 0 Å². The molecule has 0 amide bonds. The normalized spacial score (nSPS) is 11.8. The van der Waals surface area contributed by atoms with Crippen LogP contribution in [0.25, 0.3) is 10.8 Å². The second-order valence-electron chi connectivity index (χ2n) is 4.18. The van der Waals surface area contributed by atoms with E-state index in [-0.39, 0.29) is 29.2 Å². The van der Waals surface area contributed by atoms with Crippen LogP contribution in [0.4, 0.5) is 0 Å². The summed E-state index contributed by atoms with van der Waals surface area (Å²) in [5, 5.41) is -0.430. The van der Waals surface area contributed by atoms with Crippen molar-refractivity contribution in [3.05, 3.63) is 30.3 Å². The highest BCUT2D eigenvalue weighted by atomic mass is 32.2. The molecule has 2 aromatic carbocycles. The SMILES string of the molecule is N.N.N.O=S(=O)(O)c1cc2ccccc2c(S(=O)(=O)O)c1S(=O)(=O)O. The molecule has 0 aliphatic heterocycles. The van der Waals surface area contributed by atoms with Gasteiger partial charge < -0.3 is 18.5 Å². The Bertz CT molecular complexity index is 1090. The van der Waals surface area contributed by atoms with Gasteiger partial charge in [0.2, 0.25) is 0 Å². The summed E-state index contributed by atoms with van der Waals surface area (Å²) in [6, 6.07) is 5.69. The fourth-order valence-corrected chi connectivity index (χ4v) is 5.37. The van der Waals surface area contributed by atoms with Crippen molar-refractivity contribution in [2.75, 3.05) is 0 Å². The Morgan fingerprint density at radius 3 is 1.48 bits per heavy atom. The average molecular weight is 419 g/mol. The minimum absolute atomic E-state index is 0. The first-order chi connectivity index (χ1) is 9.83. The van der Waals surface area contributed by atoms with Crippen LogP contribution >= 0.6 is 0 Å². The lowest BCUT2D eigenvalue weighted by Gasteiger charge is -2.12. The lowest BCUT2D eigenvalue weighted by Crippen LogP contribution is -2.15. The fourth-order valence-electron chi connectivity index (χ4n) is 1.96. The minimum atomic E-state index is -5.40. The maximum Gasteiger partial charge on any atom is 0.297 e. The number of benzene rings is 2. The van der Waals surface area contributed by atoms with Crippen molar-refractivity contribution < 1.29 is 38.9 Å². The van der Waals surface area contributed by atoms with Crippen LogP contribution in [0, 0.1) is 0 Å². The molecule has 0 radical (unpaired) electrons. The van der Waals surface area contributed by atoms with Gasteiger partial charge in [0.25, 0.3) is 30.4 Å². The van der Waals surface area contributed by atoms with E-state index in [1.807, 2.05) is 0 Å². The quantitative estimate of drug-likeness (QED) is 0.381. The van der Waals surface area contributed by atoms with E-state index in [2.05, 4.69) is 0 Å². The van der Waals surface area contributed by atoms with E-state index < -0.39 is 45.0 Å². The largest absolute Gasteiger partial charge is 0.344 e. The molecule has 0 bridgehead atoms. The molecule has 0 heterocycles. The fraction of sp³-hybridized carbons (Fsp3) is 0. The van der Waals surface area contributed by atoms with E-state index in [0.717, 1.165) is 6.07 Å². The molecule has 25 heavy (non-hydrogen) atoms. The van der Waals surface area contributed by atoms with Gasteiger partial charge in [-0.15, -0.1) is 0 Å². The van der Waals surface area contributed by atoms with Gasteiger partial charge in [0.1, 0.15) is 14.7 Å². The Morgan fingerprint density at radius 2 is 1.08 bits per heavy atom. The summed E-state index contributed by atoms with van der Waals surface area (Å²) in [6.45, 7) is 0. The molecule has 12 nitrogen and oxygen atoms in total. The van der Waals surface area contributed by atoms with Crippen molar-refractivity contribution in [1.29, 1.82) is 0 Å². The molecule has 0 fully saturated rings. The van der Waals surface area contributed by atoms with Crippen molar-refractivity contribution in [1.82, 2.24) is 18.5 Å². The number of fused-ring (bicyclic) bond motifs is 1. The second-order valence-corrected chi connectivity index (χ2v) is 8.29. The van der Waals surface area contributed by atoms with Gasteiger partial charge in [0, 0.05) is 5.39 Å². The molecule has 0 saturated heterocycles. The Labute approximate surface area is 143 Å². The predicted molar refractivity (Wildman–Crippen MR) is 88.5 cm³/mol. The Kier molecular flexibility index (Phi) is 7.85. The summed E-state index contributed by atoms with van der Waals surface area (Å²) >= 11 is 0. The van der Waals surface area contributed by atoms with Gasteiger partial charge in [-0.3, -0.25) is 13.7 Å². The summed E-state index contributed by atoms with van der Waals surface area (Å²) < 4.78 is 96.0. The molecular weight excluding hydrogens is 402 g/mol. The molecule has 2 aromatic rings. The van der Waals surface area contributed by atoms with Gasteiger partial charge in [0.05, 0.1) is 0 Å². The molecule has 0 aliphatic rings. The Hall–Kier alpha value is -1.69. The van der Waals surface area contributed by atoms with Gasteiger partial charge in [-0.1, -0.05) is 24.3 Å². The topological polar surface area (TPSA) is 268 Å². The smallest absolute Gasteiger partial charge is 0.297 e. The molecule has 0 atom stereocenters. The first-order valence-electron chi connectivity index (χ1n) is 5.31. The predicted octanol–water partition coefficient (Wildman–Crippen LogP) is 1.07. The van der Waals surface area contributed by atoms with E-state index >= 15 is 0 Å². The third-order valence-corrected chi connectivity index (χ3v) is 5.73. The van der Waals surface area contributed by atoms with Crippen molar-refractivity contribution in [2.45, 2.75) is 14.7 Å². The zero-order valence-electron chi connectivity index (χ0n) is 12.5. The number of hydrogen-bond acceptors (Lipinski definition) is 9. The maximum atomic E-state index is 11.5. The second kappa shape index (κ2) is 7.68. The van der Waals surface area contributed by atoms with Crippen molar-refractivity contribution in [2.24, 2.45) is 0 Å². The monoisotopic (exact) mass is 419 g/mol. The van der Waals surface area contributed by atoms with Crippen molar-refractivity contribution in [3.8, 4) is 0 Å². The first kappa shape index (κ1) is 25.5. The molecule has 12 N–H and O–H groups in total. The molecule has 15 heteroatoms. The molecule has 0 spiro atoms. The summed E-state index contributed by atoms with van der Waals surface area (Å²) in [6.07, 6.45) is 0. The Balaban J connectivity index is 0. The molecule has 144 valence electrons. The highest BCUT2D eigenvalue weighted by Gasteiger charge is 2.34. The van der Waals surface area contributed by atoms with E-state index in [1.54, 1.807) is 0 Å². The van der Waals surface area contributed by atoms with E-state index in [0.29, 0.717) is 6.07 Å². The molecule has 0 aliphatic carbocycles. The molecule has 0 unspecified atom stereocenters. The summed E-state index contributed by atoms with van der Waals surface area (Å²) in [5.74, 6) is 0. The van der Waals surface area contributed by atoms with E-state index in [4.69, 9.17) is 9.11 Å². The van der Waals surface area contributed by atoms with Crippen LogP contribution in [-0.2, 0) is 30.4 Å². The van der Waals surface area contributed by atoms with Crippen molar-refractivity contribution >= 4 is 41.1 Å². The lowest BCUT2D eigenvalue weighted by atomic mass is 10.1. The van der Waals surface area contributed by atoms with Gasteiger partial charge in [-0.2, -0.15) is 25.3 Å². The number of hydrogen-bond donors (Lipinski definition) is 6. The summed E-state index contributed by atoms with van der Waals surface area (Å²) in [5.41, 5.74) is 0. The van der Waals surface area contributed by atoms with Crippen LogP contribution < -0.4 is 18.5 Å². The molecular formula is C10H17N3O9S3. The lowest BCUT2D eigenvalue weighted by molar-refractivity contribution is 0.457. The van der Waals surface area contributed by atoms with E-state index in [1.165, 1.54) is 18.2 Å². The third kappa shape index (κ3) is 4.91. The van der Waals surface area contributed by atoms with Crippen LogP contribution in [0.2, 0.25) is 0 Å². The highest BCUT2D eigenvalue weighted by Crippen LogP contribution is 2.35.